The lowest BCUT2D eigenvalue weighted by Crippen LogP contribution is -2.59. The quantitative estimate of drug-likeness (QED) is 0.457. The van der Waals surface area contributed by atoms with Crippen LogP contribution in [0, 0.1) is 5.92 Å². The smallest absolute Gasteiger partial charge is 0.0718 e. The molecule has 1 N–H and O–H groups in total. The van der Waals surface area contributed by atoms with E-state index in [9.17, 15) is 0 Å². The third-order valence-corrected chi connectivity index (χ3v) is 8.17. The molecule has 2 aromatic heterocycles. The normalized spacial score (nSPS) is 26.2. The maximum atomic E-state index is 4.85. The Bertz CT molecular complexity index is 1170. The lowest BCUT2D eigenvalue weighted by Gasteiger charge is -2.50. The van der Waals surface area contributed by atoms with Crippen LogP contribution in [0.25, 0.3) is 31.4 Å². The van der Waals surface area contributed by atoms with Gasteiger partial charge < -0.3 is 5.32 Å². The Morgan fingerprint density at radius 1 is 0.966 bits per heavy atom. The van der Waals surface area contributed by atoms with E-state index in [0.717, 1.165) is 17.3 Å². The number of hydrogen-bond acceptors (Lipinski definition) is 4. The van der Waals surface area contributed by atoms with E-state index in [4.69, 9.17) is 4.98 Å². The predicted octanol–water partition coefficient (Wildman–Crippen LogP) is 6.01. The minimum absolute atomic E-state index is 0.538. The summed E-state index contributed by atoms with van der Waals surface area (Å²) in [5, 5.41) is 6.46. The number of anilines is 1. The molecule has 4 heteroatoms. The van der Waals surface area contributed by atoms with Gasteiger partial charge in [0.05, 0.1) is 17.6 Å². The van der Waals surface area contributed by atoms with Gasteiger partial charge in [0.1, 0.15) is 0 Å². The molecule has 0 saturated carbocycles. The fourth-order valence-electron chi connectivity index (χ4n) is 5.33. The molecule has 29 heavy (non-hydrogen) atoms. The number of nitrogens with zero attached hydrogens (tertiary/aromatic N) is 2. The molecule has 3 aliphatic rings. The Morgan fingerprint density at radius 3 is 2.59 bits per heavy atom. The molecule has 2 aromatic carbocycles. The van der Waals surface area contributed by atoms with Crippen LogP contribution in [0.1, 0.15) is 19.8 Å². The summed E-state index contributed by atoms with van der Waals surface area (Å²) >= 11 is 1.86. The van der Waals surface area contributed by atoms with Crippen molar-refractivity contribution in [1.82, 2.24) is 9.88 Å². The van der Waals surface area contributed by atoms with Crippen LogP contribution in [-0.2, 0) is 0 Å². The number of thiophene rings is 1. The summed E-state index contributed by atoms with van der Waals surface area (Å²) in [5.41, 5.74) is 3.42. The molecule has 3 aliphatic heterocycles. The van der Waals surface area contributed by atoms with Gasteiger partial charge in [0.25, 0.3) is 0 Å². The van der Waals surface area contributed by atoms with Gasteiger partial charge in [-0.3, -0.25) is 9.88 Å². The minimum Gasteiger partial charge on any atom is -0.379 e. The highest BCUT2D eigenvalue weighted by Crippen LogP contribution is 2.39. The van der Waals surface area contributed by atoms with Gasteiger partial charge in [-0.05, 0) is 57.0 Å². The second kappa shape index (κ2) is 6.82. The average molecular weight is 400 g/mol. The Labute approximate surface area is 175 Å². The Balaban J connectivity index is 1.32. The van der Waals surface area contributed by atoms with Gasteiger partial charge in [0.15, 0.2) is 0 Å². The zero-order chi connectivity index (χ0) is 19.4. The van der Waals surface area contributed by atoms with E-state index >= 15 is 0 Å². The van der Waals surface area contributed by atoms with E-state index in [1.165, 1.54) is 51.7 Å². The Morgan fingerprint density at radius 2 is 1.79 bits per heavy atom. The van der Waals surface area contributed by atoms with Gasteiger partial charge in [-0.15, -0.1) is 11.3 Å². The van der Waals surface area contributed by atoms with Crippen molar-refractivity contribution in [3.05, 3.63) is 60.8 Å². The molecule has 2 atom stereocenters. The number of hydrogen-bond donors (Lipinski definition) is 1. The fraction of sp³-hybridized carbons (Fsp3) is 0.320. The zero-order valence-electron chi connectivity index (χ0n) is 16.6. The van der Waals surface area contributed by atoms with Crippen LogP contribution in [-0.4, -0.2) is 35.1 Å². The molecule has 0 unspecified atom stereocenters. The largest absolute Gasteiger partial charge is 0.379 e. The van der Waals surface area contributed by atoms with Gasteiger partial charge in [-0.2, -0.15) is 0 Å². The van der Waals surface area contributed by atoms with Crippen molar-refractivity contribution >= 4 is 37.2 Å². The summed E-state index contributed by atoms with van der Waals surface area (Å²) in [6.45, 7) is 4.90. The second-order valence-electron chi connectivity index (χ2n) is 8.50. The van der Waals surface area contributed by atoms with E-state index < -0.39 is 0 Å². The maximum absolute atomic E-state index is 4.85. The number of nitrogens with one attached hydrogen (secondary N) is 1. The maximum Gasteiger partial charge on any atom is 0.0718 e. The molecule has 4 aromatic rings. The lowest BCUT2D eigenvalue weighted by molar-refractivity contribution is 0.0458. The monoisotopic (exact) mass is 399 g/mol. The van der Waals surface area contributed by atoms with Crippen molar-refractivity contribution in [3.63, 3.8) is 0 Å². The molecule has 2 bridgehead atoms. The summed E-state index contributed by atoms with van der Waals surface area (Å²) in [6, 6.07) is 20.8. The predicted molar refractivity (Wildman–Crippen MR) is 124 cm³/mol. The minimum atomic E-state index is 0.538. The zero-order valence-corrected chi connectivity index (χ0v) is 17.5. The highest BCUT2D eigenvalue weighted by molar-refractivity contribution is 7.26. The molecule has 146 valence electrons. The van der Waals surface area contributed by atoms with Crippen LogP contribution in [0.15, 0.2) is 60.8 Å². The van der Waals surface area contributed by atoms with Crippen LogP contribution < -0.4 is 5.32 Å². The van der Waals surface area contributed by atoms with Crippen LogP contribution in [0.4, 0.5) is 5.69 Å². The molecule has 7 rings (SSSR count). The van der Waals surface area contributed by atoms with Crippen LogP contribution in [0.2, 0.25) is 0 Å². The molecule has 3 nitrogen and oxygen atoms in total. The highest BCUT2D eigenvalue weighted by Gasteiger charge is 2.39. The van der Waals surface area contributed by atoms with Crippen LogP contribution in [0.5, 0.6) is 0 Å². The summed E-state index contributed by atoms with van der Waals surface area (Å²) in [5.74, 6) is 0.793. The Hall–Kier alpha value is -2.43. The Kier molecular flexibility index (Phi) is 4.10. The topological polar surface area (TPSA) is 28.2 Å². The van der Waals surface area contributed by atoms with E-state index in [-0.39, 0.29) is 0 Å². The van der Waals surface area contributed by atoms with Crippen molar-refractivity contribution in [2.24, 2.45) is 5.92 Å². The number of piperidine rings is 3. The van der Waals surface area contributed by atoms with Crippen molar-refractivity contribution in [2.45, 2.75) is 31.8 Å². The standard InChI is InChI=1S/C25H25N3S/c1-16-24(17-11-13-28(16)14-12-17)27-18-9-10-22(26-15-18)21-7-4-6-20-19-5-2-3-8-23(19)29-25(20)21/h2-10,15-17,24,27H,11-14H2,1H3/t16-,24-/m1/s1. The first-order chi connectivity index (χ1) is 14.3. The van der Waals surface area contributed by atoms with Crippen molar-refractivity contribution < 1.29 is 0 Å². The SMILES string of the molecule is C[C@@H]1[C@@H](Nc2ccc(-c3cccc4c3sc3ccccc34)nc2)C2CCN1CC2. The van der Waals surface area contributed by atoms with Crippen LogP contribution >= 0.6 is 11.3 Å². The second-order valence-corrected chi connectivity index (χ2v) is 9.55. The number of fused-ring (bicyclic) bond motifs is 6. The van der Waals surface area contributed by atoms with Gasteiger partial charge in [-0.1, -0.05) is 36.4 Å². The third-order valence-electron chi connectivity index (χ3n) is 6.95. The molecule has 3 saturated heterocycles. The van der Waals surface area contributed by atoms with Crippen LogP contribution in [0.3, 0.4) is 0 Å². The van der Waals surface area contributed by atoms with E-state index in [1.807, 2.05) is 17.5 Å². The summed E-state index contributed by atoms with van der Waals surface area (Å²) in [7, 11) is 0. The average Bonchev–Trinajstić information content (AvgIpc) is 3.16. The lowest BCUT2D eigenvalue weighted by atomic mass is 9.79. The van der Waals surface area contributed by atoms with E-state index in [1.54, 1.807) is 0 Å². The highest BCUT2D eigenvalue weighted by atomic mass is 32.1. The molecule has 0 aliphatic carbocycles. The summed E-state index contributed by atoms with van der Waals surface area (Å²) in [6.07, 6.45) is 4.66. The first-order valence-corrected chi connectivity index (χ1v) is 11.5. The van der Waals surface area contributed by atoms with Crippen molar-refractivity contribution in [3.8, 4) is 11.3 Å². The molecule has 3 fully saturated rings. The number of rotatable bonds is 3. The first-order valence-electron chi connectivity index (χ1n) is 10.7. The van der Waals surface area contributed by atoms with Crippen molar-refractivity contribution in [1.29, 1.82) is 0 Å². The third kappa shape index (κ3) is 2.85. The fourth-order valence-corrected chi connectivity index (χ4v) is 6.55. The molecule has 0 spiro atoms. The summed E-state index contributed by atoms with van der Waals surface area (Å²) < 4.78 is 2.66. The molecule has 0 amide bonds. The molecule has 0 radical (unpaired) electrons. The van der Waals surface area contributed by atoms with Gasteiger partial charge in [-0.25, -0.2) is 0 Å². The van der Waals surface area contributed by atoms with E-state index in [0.29, 0.717) is 12.1 Å². The summed E-state index contributed by atoms with van der Waals surface area (Å²) in [4.78, 5) is 7.48. The van der Waals surface area contributed by atoms with Gasteiger partial charge in [0.2, 0.25) is 0 Å². The molecular formula is C25H25N3S. The molecular weight excluding hydrogens is 374 g/mol. The first kappa shape index (κ1) is 17.4. The van der Waals surface area contributed by atoms with Crippen molar-refractivity contribution in [2.75, 3.05) is 18.4 Å². The molecule has 5 heterocycles. The van der Waals surface area contributed by atoms with Gasteiger partial charge >= 0.3 is 0 Å². The van der Waals surface area contributed by atoms with Gasteiger partial charge in [0, 0.05) is 37.8 Å². The number of benzene rings is 2. The number of aromatic nitrogens is 1. The number of pyridine rings is 1. The van der Waals surface area contributed by atoms with E-state index in [2.05, 4.69) is 71.7 Å².